The van der Waals surface area contributed by atoms with E-state index in [4.69, 9.17) is 4.74 Å². The molecule has 0 aromatic carbocycles. The standard InChI is InChI=1S/C10H20N2OS/c1-4-8(7-13-3)12-10-11-6-9(5-2)14-10/h8-9H,4-7H2,1-3H3,(H,11,12). The number of methoxy groups -OCH3 is 1. The van der Waals surface area contributed by atoms with Gasteiger partial charge in [0.15, 0.2) is 5.17 Å². The highest BCUT2D eigenvalue weighted by atomic mass is 32.2. The molecule has 2 atom stereocenters. The highest BCUT2D eigenvalue weighted by molar-refractivity contribution is 8.14. The normalized spacial score (nSPS) is 23.4. The lowest BCUT2D eigenvalue weighted by Gasteiger charge is -2.16. The van der Waals surface area contributed by atoms with Crippen molar-refractivity contribution in [3.63, 3.8) is 0 Å². The Kier molecular flexibility index (Phi) is 5.33. The fraction of sp³-hybridized carbons (Fsp3) is 0.900. The molecule has 1 rings (SSSR count). The van der Waals surface area contributed by atoms with Crippen LogP contribution in [0.4, 0.5) is 0 Å². The third kappa shape index (κ3) is 3.50. The highest BCUT2D eigenvalue weighted by Gasteiger charge is 2.19. The van der Waals surface area contributed by atoms with Crippen LogP contribution < -0.4 is 5.32 Å². The molecule has 0 saturated carbocycles. The Hall–Kier alpha value is -0.220. The van der Waals surface area contributed by atoms with Crippen molar-refractivity contribution in [1.29, 1.82) is 0 Å². The van der Waals surface area contributed by atoms with Crippen molar-refractivity contribution in [3.8, 4) is 0 Å². The van der Waals surface area contributed by atoms with Crippen LogP contribution in [0.25, 0.3) is 0 Å². The zero-order valence-electron chi connectivity index (χ0n) is 9.25. The summed E-state index contributed by atoms with van der Waals surface area (Å²) in [6.07, 6.45) is 2.27. The summed E-state index contributed by atoms with van der Waals surface area (Å²) in [5.74, 6) is 0. The van der Waals surface area contributed by atoms with E-state index in [1.165, 1.54) is 6.42 Å². The molecule has 0 fully saturated rings. The van der Waals surface area contributed by atoms with E-state index in [0.717, 1.165) is 24.7 Å². The molecule has 4 heteroatoms. The minimum absolute atomic E-state index is 0.404. The van der Waals surface area contributed by atoms with Gasteiger partial charge in [0.1, 0.15) is 0 Å². The van der Waals surface area contributed by atoms with Crippen LogP contribution in [0.1, 0.15) is 26.7 Å². The zero-order chi connectivity index (χ0) is 10.4. The van der Waals surface area contributed by atoms with E-state index in [-0.39, 0.29) is 0 Å². The van der Waals surface area contributed by atoms with Crippen LogP contribution in [0.15, 0.2) is 4.99 Å². The van der Waals surface area contributed by atoms with Gasteiger partial charge in [0.25, 0.3) is 0 Å². The van der Waals surface area contributed by atoms with Crippen molar-refractivity contribution in [2.24, 2.45) is 4.99 Å². The summed E-state index contributed by atoms with van der Waals surface area (Å²) < 4.78 is 5.13. The summed E-state index contributed by atoms with van der Waals surface area (Å²) in [5.41, 5.74) is 0. The molecule has 0 amide bonds. The van der Waals surface area contributed by atoms with Gasteiger partial charge in [-0.05, 0) is 12.8 Å². The molecule has 0 aromatic rings. The maximum atomic E-state index is 5.13. The molecular weight excluding hydrogens is 196 g/mol. The lowest BCUT2D eigenvalue weighted by atomic mass is 10.2. The zero-order valence-corrected chi connectivity index (χ0v) is 10.1. The third-order valence-electron chi connectivity index (χ3n) is 2.36. The molecule has 82 valence electrons. The van der Waals surface area contributed by atoms with Crippen LogP contribution in [0.2, 0.25) is 0 Å². The molecule has 0 aliphatic carbocycles. The van der Waals surface area contributed by atoms with E-state index < -0.39 is 0 Å². The fourth-order valence-corrected chi connectivity index (χ4v) is 2.36. The Bertz CT molecular complexity index is 197. The minimum Gasteiger partial charge on any atom is -0.383 e. The van der Waals surface area contributed by atoms with Crippen LogP contribution >= 0.6 is 11.8 Å². The van der Waals surface area contributed by atoms with Crippen molar-refractivity contribution in [2.45, 2.75) is 38.0 Å². The van der Waals surface area contributed by atoms with Gasteiger partial charge in [-0.2, -0.15) is 0 Å². The molecular formula is C10H20N2OS. The summed E-state index contributed by atoms with van der Waals surface area (Å²) in [7, 11) is 1.74. The Balaban J connectivity index is 2.29. The monoisotopic (exact) mass is 216 g/mol. The second-order valence-electron chi connectivity index (χ2n) is 3.50. The molecule has 0 radical (unpaired) electrons. The van der Waals surface area contributed by atoms with Gasteiger partial charge in [-0.15, -0.1) is 0 Å². The predicted molar refractivity (Wildman–Crippen MR) is 63.1 cm³/mol. The van der Waals surface area contributed by atoms with Gasteiger partial charge in [-0.25, -0.2) is 0 Å². The summed E-state index contributed by atoms with van der Waals surface area (Å²) in [6.45, 7) is 6.09. The second kappa shape index (κ2) is 6.30. The highest BCUT2D eigenvalue weighted by Crippen LogP contribution is 2.22. The average Bonchev–Trinajstić information content (AvgIpc) is 2.65. The first kappa shape index (κ1) is 11.9. The lowest BCUT2D eigenvalue weighted by molar-refractivity contribution is 0.172. The van der Waals surface area contributed by atoms with Gasteiger partial charge in [-0.1, -0.05) is 25.6 Å². The SMILES string of the molecule is CCC(COC)NC1=NCC(CC)S1. The number of hydrogen-bond donors (Lipinski definition) is 1. The molecule has 0 bridgehead atoms. The minimum atomic E-state index is 0.404. The van der Waals surface area contributed by atoms with Gasteiger partial charge in [0, 0.05) is 12.4 Å². The van der Waals surface area contributed by atoms with Crippen LogP contribution in [0.5, 0.6) is 0 Å². The second-order valence-corrected chi connectivity index (χ2v) is 4.79. The quantitative estimate of drug-likeness (QED) is 0.762. The topological polar surface area (TPSA) is 33.6 Å². The summed E-state index contributed by atoms with van der Waals surface area (Å²) >= 11 is 1.86. The van der Waals surface area contributed by atoms with Crippen molar-refractivity contribution < 1.29 is 4.74 Å². The van der Waals surface area contributed by atoms with E-state index in [9.17, 15) is 0 Å². The molecule has 0 spiro atoms. The van der Waals surface area contributed by atoms with E-state index in [1.807, 2.05) is 11.8 Å². The van der Waals surface area contributed by atoms with E-state index in [0.29, 0.717) is 11.3 Å². The van der Waals surface area contributed by atoms with Gasteiger partial charge in [-0.3, -0.25) is 4.99 Å². The van der Waals surface area contributed by atoms with Gasteiger partial charge in [0.05, 0.1) is 19.2 Å². The first-order valence-corrected chi connectivity index (χ1v) is 6.14. The first-order valence-electron chi connectivity index (χ1n) is 5.26. The molecule has 1 N–H and O–H groups in total. The predicted octanol–water partition coefficient (Wildman–Crippen LogP) is 1.88. The Morgan fingerprint density at radius 3 is 2.93 bits per heavy atom. The molecule has 3 nitrogen and oxygen atoms in total. The number of nitrogens with one attached hydrogen (secondary N) is 1. The van der Waals surface area contributed by atoms with Crippen molar-refractivity contribution >= 4 is 16.9 Å². The summed E-state index contributed by atoms with van der Waals surface area (Å²) in [4.78, 5) is 4.47. The molecule has 1 aliphatic heterocycles. The number of thioether (sulfide) groups is 1. The number of amidine groups is 1. The molecule has 0 aromatic heterocycles. The number of ether oxygens (including phenoxy) is 1. The van der Waals surface area contributed by atoms with Crippen molar-refractivity contribution in [1.82, 2.24) is 5.32 Å². The van der Waals surface area contributed by atoms with Crippen molar-refractivity contribution in [2.75, 3.05) is 20.3 Å². The molecule has 1 heterocycles. The summed E-state index contributed by atoms with van der Waals surface area (Å²) in [6, 6.07) is 0.404. The Labute approximate surface area is 90.7 Å². The largest absolute Gasteiger partial charge is 0.383 e. The number of nitrogens with zero attached hydrogens (tertiary/aromatic N) is 1. The molecule has 14 heavy (non-hydrogen) atoms. The van der Waals surface area contributed by atoms with E-state index in [2.05, 4.69) is 24.2 Å². The van der Waals surface area contributed by atoms with E-state index >= 15 is 0 Å². The smallest absolute Gasteiger partial charge is 0.157 e. The average molecular weight is 216 g/mol. The fourth-order valence-electron chi connectivity index (χ4n) is 1.35. The van der Waals surface area contributed by atoms with Gasteiger partial charge >= 0.3 is 0 Å². The van der Waals surface area contributed by atoms with Gasteiger partial charge in [0.2, 0.25) is 0 Å². The lowest BCUT2D eigenvalue weighted by Crippen LogP contribution is -2.35. The van der Waals surface area contributed by atoms with Crippen LogP contribution in [-0.2, 0) is 4.74 Å². The first-order chi connectivity index (χ1) is 6.80. The maximum Gasteiger partial charge on any atom is 0.157 e. The number of hydrogen-bond acceptors (Lipinski definition) is 4. The maximum absolute atomic E-state index is 5.13. The van der Waals surface area contributed by atoms with Crippen LogP contribution in [0.3, 0.4) is 0 Å². The summed E-state index contributed by atoms with van der Waals surface area (Å²) in [5, 5.41) is 5.20. The number of aliphatic imine (C=N–C) groups is 1. The third-order valence-corrected chi connectivity index (χ3v) is 3.65. The molecule has 1 aliphatic rings. The van der Waals surface area contributed by atoms with Crippen LogP contribution in [0, 0.1) is 0 Å². The van der Waals surface area contributed by atoms with Crippen molar-refractivity contribution in [3.05, 3.63) is 0 Å². The molecule has 2 unspecified atom stereocenters. The van der Waals surface area contributed by atoms with Crippen LogP contribution in [-0.4, -0.2) is 36.7 Å². The Morgan fingerprint density at radius 1 is 1.64 bits per heavy atom. The van der Waals surface area contributed by atoms with Gasteiger partial charge < -0.3 is 10.1 Å². The van der Waals surface area contributed by atoms with E-state index in [1.54, 1.807) is 7.11 Å². The Morgan fingerprint density at radius 2 is 2.43 bits per heavy atom. The molecule has 0 saturated heterocycles. The number of rotatable bonds is 5.